The fraction of sp³-hybridized carbons (Fsp3) is 0.379. The molecular weight excluding hydrogens is 434 g/mol. The Kier molecular flexibility index (Phi) is 5.10. The number of H-pyrrole nitrogens is 1. The van der Waals surface area contributed by atoms with Crippen LogP contribution in [0, 0.1) is 0 Å². The summed E-state index contributed by atoms with van der Waals surface area (Å²) in [6.07, 6.45) is 10.0. The van der Waals surface area contributed by atoms with Gasteiger partial charge in [0.2, 0.25) is 0 Å². The standard InChI is InChI=1S/C29H31N5O/c35-16-15-33-11-13-34(14-12-33)27-10-7-19-5-6-20(17-23(19)27)29-22-4-2-1-3-21(22)28-24-18-30-32-25(24)8-9-26(28)31-29/h5-6,8-10,17-18,35H,1-4,7,11-16H2,(H,30,32). The number of pyridine rings is 1. The molecule has 2 N–H and O–H groups in total. The van der Waals surface area contributed by atoms with Crippen molar-refractivity contribution in [2.75, 3.05) is 39.3 Å². The Balaban J connectivity index is 1.30. The second kappa shape index (κ2) is 8.47. The van der Waals surface area contributed by atoms with Gasteiger partial charge in [0, 0.05) is 60.3 Å². The lowest BCUT2D eigenvalue weighted by Crippen LogP contribution is -2.46. The molecule has 1 saturated heterocycles. The molecule has 0 saturated carbocycles. The molecule has 1 fully saturated rings. The van der Waals surface area contributed by atoms with E-state index in [4.69, 9.17) is 4.98 Å². The Bertz CT molecular complexity index is 1460. The fourth-order valence-corrected chi connectivity index (χ4v) is 6.40. The van der Waals surface area contributed by atoms with Crippen LogP contribution in [0.15, 0.2) is 42.6 Å². The molecule has 178 valence electrons. The van der Waals surface area contributed by atoms with Crippen LogP contribution < -0.4 is 0 Å². The number of aromatic nitrogens is 3. The van der Waals surface area contributed by atoms with E-state index in [1.807, 2.05) is 6.20 Å². The first-order valence-electron chi connectivity index (χ1n) is 13.0. The number of β-amino-alcohol motifs (C(OH)–C–C–N with tert-alkyl or cyclic N) is 1. The molecule has 4 aromatic rings. The number of hydrogen-bond donors (Lipinski definition) is 2. The van der Waals surface area contributed by atoms with Gasteiger partial charge in [-0.1, -0.05) is 18.2 Å². The number of aliphatic hydroxyl groups is 1. The minimum atomic E-state index is 0.240. The summed E-state index contributed by atoms with van der Waals surface area (Å²) < 4.78 is 0. The van der Waals surface area contributed by atoms with Gasteiger partial charge in [0.1, 0.15) is 0 Å². The first kappa shape index (κ1) is 21.1. The summed E-state index contributed by atoms with van der Waals surface area (Å²) >= 11 is 0. The van der Waals surface area contributed by atoms with Gasteiger partial charge in [0.15, 0.2) is 0 Å². The van der Waals surface area contributed by atoms with E-state index in [1.54, 1.807) is 0 Å². The third kappa shape index (κ3) is 3.46. The van der Waals surface area contributed by atoms with Crippen molar-refractivity contribution in [2.24, 2.45) is 0 Å². The number of aryl methyl sites for hydroxylation is 1. The molecule has 3 aliphatic rings. The normalized spacial score (nSPS) is 18.2. The van der Waals surface area contributed by atoms with Crippen molar-refractivity contribution in [1.29, 1.82) is 0 Å². The van der Waals surface area contributed by atoms with Crippen LogP contribution >= 0.6 is 0 Å². The van der Waals surface area contributed by atoms with Gasteiger partial charge in [0.25, 0.3) is 0 Å². The average molecular weight is 466 g/mol. The summed E-state index contributed by atoms with van der Waals surface area (Å²) in [6, 6.07) is 11.3. The third-order valence-electron chi connectivity index (χ3n) is 8.19. The molecule has 2 aliphatic carbocycles. The number of allylic oxidation sites excluding steroid dienone is 1. The highest BCUT2D eigenvalue weighted by Crippen LogP contribution is 2.40. The maximum Gasteiger partial charge on any atom is 0.0744 e. The van der Waals surface area contributed by atoms with E-state index in [0.29, 0.717) is 0 Å². The molecule has 6 nitrogen and oxygen atoms in total. The van der Waals surface area contributed by atoms with Crippen LogP contribution in [0.25, 0.3) is 38.8 Å². The zero-order valence-electron chi connectivity index (χ0n) is 20.1. The number of aliphatic hydroxyl groups excluding tert-OH is 1. The summed E-state index contributed by atoms with van der Waals surface area (Å²) in [5.41, 5.74) is 11.6. The first-order chi connectivity index (χ1) is 17.3. The minimum Gasteiger partial charge on any atom is -0.395 e. The average Bonchev–Trinajstić information content (AvgIpc) is 3.55. The molecule has 0 bridgehead atoms. The van der Waals surface area contributed by atoms with Gasteiger partial charge in [-0.15, -0.1) is 0 Å². The molecule has 0 radical (unpaired) electrons. The molecule has 7 rings (SSSR count). The van der Waals surface area contributed by atoms with Gasteiger partial charge >= 0.3 is 0 Å². The summed E-state index contributed by atoms with van der Waals surface area (Å²) in [7, 11) is 0. The molecule has 2 aromatic carbocycles. The lowest BCUT2D eigenvalue weighted by atomic mass is 9.85. The second-order valence-electron chi connectivity index (χ2n) is 10.1. The second-order valence-corrected chi connectivity index (χ2v) is 10.1. The molecule has 3 heterocycles. The molecule has 1 aliphatic heterocycles. The van der Waals surface area contributed by atoms with Gasteiger partial charge in [-0.25, -0.2) is 4.98 Å². The van der Waals surface area contributed by atoms with Crippen molar-refractivity contribution in [1.82, 2.24) is 25.0 Å². The molecule has 0 amide bonds. The van der Waals surface area contributed by atoms with E-state index in [-0.39, 0.29) is 6.61 Å². The van der Waals surface area contributed by atoms with Crippen LogP contribution in [0.2, 0.25) is 0 Å². The van der Waals surface area contributed by atoms with Crippen molar-refractivity contribution in [3.05, 3.63) is 64.9 Å². The lowest BCUT2D eigenvalue weighted by molar-refractivity contribution is 0.143. The van der Waals surface area contributed by atoms with E-state index in [9.17, 15) is 5.11 Å². The van der Waals surface area contributed by atoms with Crippen LogP contribution in [0.3, 0.4) is 0 Å². The predicted octanol–water partition coefficient (Wildman–Crippen LogP) is 4.16. The third-order valence-corrected chi connectivity index (χ3v) is 8.19. The highest BCUT2D eigenvalue weighted by atomic mass is 16.3. The Hall–Kier alpha value is -3.22. The number of nitrogens with one attached hydrogen (secondary N) is 1. The topological polar surface area (TPSA) is 68.3 Å². The number of fused-ring (bicyclic) bond motifs is 6. The molecule has 35 heavy (non-hydrogen) atoms. The SMILES string of the molecule is OCCN1CCN(C2=CCc3ccc(-c4nc5ccc6[nH]ncc6c5c5c4CCCC5)cc32)CC1. The Morgan fingerprint density at radius 3 is 2.69 bits per heavy atom. The number of piperazine rings is 1. The molecule has 6 heteroatoms. The zero-order chi connectivity index (χ0) is 23.4. The first-order valence-corrected chi connectivity index (χ1v) is 13.0. The van der Waals surface area contributed by atoms with Gasteiger partial charge in [-0.05, 0) is 67.0 Å². The molecule has 0 spiro atoms. The van der Waals surface area contributed by atoms with E-state index >= 15 is 0 Å². The molecule has 0 atom stereocenters. The van der Waals surface area contributed by atoms with E-state index in [1.165, 1.54) is 57.1 Å². The fourth-order valence-electron chi connectivity index (χ4n) is 6.40. The van der Waals surface area contributed by atoms with Crippen LogP contribution in [0.5, 0.6) is 0 Å². The Morgan fingerprint density at radius 1 is 0.971 bits per heavy atom. The van der Waals surface area contributed by atoms with Crippen molar-refractivity contribution in [2.45, 2.75) is 32.1 Å². The van der Waals surface area contributed by atoms with E-state index < -0.39 is 0 Å². The lowest BCUT2D eigenvalue weighted by Gasteiger charge is -2.36. The number of aromatic amines is 1. The van der Waals surface area contributed by atoms with Crippen molar-refractivity contribution < 1.29 is 5.11 Å². The number of rotatable bonds is 4. The largest absolute Gasteiger partial charge is 0.395 e. The predicted molar refractivity (Wildman–Crippen MR) is 140 cm³/mol. The highest BCUT2D eigenvalue weighted by Gasteiger charge is 2.26. The van der Waals surface area contributed by atoms with Crippen molar-refractivity contribution >= 4 is 27.5 Å². The monoisotopic (exact) mass is 465 g/mol. The minimum absolute atomic E-state index is 0.240. The van der Waals surface area contributed by atoms with Crippen molar-refractivity contribution in [3.63, 3.8) is 0 Å². The maximum atomic E-state index is 9.28. The Labute approximate surface area is 205 Å². The van der Waals surface area contributed by atoms with Gasteiger partial charge in [0.05, 0.1) is 29.5 Å². The zero-order valence-corrected chi connectivity index (χ0v) is 20.1. The van der Waals surface area contributed by atoms with Crippen LogP contribution in [-0.4, -0.2) is 69.4 Å². The summed E-state index contributed by atoms with van der Waals surface area (Å²) in [6.45, 7) is 5.06. The number of hydrogen-bond acceptors (Lipinski definition) is 5. The smallest absolute Gasteiger partial charge is 0.0744 e. The van der Waals surface area contributed by atoms with Crippen molar-refractivity contribution in [3.8, 4) is 11.3 Å². The Morgan fingerprint density at radius 2 is 1.83 bits per heavy atom. The molecular formula is C29H31N5O. The summed E-state index contributed by atoms with van der Waals surface area (Å²) in [5.74, 6) is 0. The van der Waals surface area contributed by atoms with E-state index in [2.05, 4.69) is 56.4 Å². The van der Waals surface area contributed by atoms with E-state index in [0.717, 1.165) is 68.7 Å². The quantitative estimate of drug-likeness (QED) is 0.474. The molecule has 2 aromatic heterocycles. The highest BCUT2D eigenvalue weighted by molar-refractivity contribution is 6.07. The van der Waals surface area contributed by atoms with Crippen LogP contribution in [0.1, 0.15) is 35.1 Å². The number of benzene rings is 2. The van der Waals surface area contributed by atoms with Crippen LogP contribution in [-0.2, 0) is 19.3 Å². The van der Waals surface area contributed by atoms with Crippen LogP contribution in [0.4, 0.5) is 0 Å². The molecule has 0 unspecified atom stereocenters. The maximum absolute atomic E-state index is 9.28. The van der Waals surface area contributed by atoms with Gasteiger partial charge < -0.3 is 10.0 Å². The summed E-state index contributed by atoms with van der Waals surface area (Å²) in [5, 5.41) is 19.2. The summed E-state index contributed by atoms with van der Waals surface area (Å²) in [4.78, 5) is 10.2. The number of nitrogens with zero attached hydrogens (tertiary/aromatic N) is 4. The van der Waals surface area contributed by atoms with Gasteiger partial charge in [-0.2, -0.15) is 5.10 Å². The van der Waals surface area contributed by atoms with Gasteiger partial charge in [-0.3, -0.25) is 10.00 Å².